The lowest BCUT2D eigenvalue weighted by atomic mass is 9.93. The molecule has 0 unspecified atom stereocenters. The van der Waals surface area contributed by atoms with E-state index in [0.717, 1.165) is 24.8 Å². The summed E-state index contributed by atoms with van der Waals surface area (Å²) in [5.74, 6) is -2.19. The summed E-state index contributed by atoms with van der Waals surface area (Å²) in [6, 6.07) is 7.72. The highest BCUT2D eigenvalue weighted by Crippen LogP contribution is 2.23. The average Bonchev–Trinajstić information content (AvgIpc) is 2.86. The maximum Gasteiger partial charge on any atom is 0.329 e. The number of likely N-dealkylation sites (N-methyl/N-ethyl adjacent to an activating group) is 1. The van der Waals surface area contributed by atoms with Gasteiger partial charge < -0.3 is 25.2 Å². The number of amides is 2. The molecule has 0 aromatic heterocycles. The average molecular weight is 519 g/mol. The Labute approximate surface area is 221 Å². The van der Waals surface area contributed by atoms with Crippen molar-refractivity contribution in [2.75, 3.05) is 7.05 Å². The molecule has 1 aromatic rings. The summed E-state index contributed by atoms with van der Waals surface area (Å²) in [6.07, 6.45) is 2.86. The Kier molecular flexibility index (Phi) is 12.5. The van der Waals surface area contributed by atoms with Crippen molar-refractivity contribution in [2.45, 2.75) is 109 Å². The number of carbonyl (C=O) groups is 3. The van der Waals surface area contributed by atoms with E-state index in [0.29, 0.717) is 19.3 Å². The van der Waals surface area contributed by atoms with E-state index < -0.39 is 42.1 Å². The summed E-state index contributed by atoms with van der Waals surface area (Å²) in [5, 5.41) is 23.2. The fraction of sp³-hybridized carbons (Fsp3) is 0.690. The highest BCUT2D eigenvalue weighted by atomic mass is 16.5. The van der Waals surface area contributed by atoms with E-state index in [-0.39, 0.29) is 30.8 Å². The van der Waals surface area contributed by atoms with Crippen LogP contribution in [0.5, 0.6) is 0 Å². The second-order valence-electron chi connectivity index (χ2n) is 10.7. The van der Waals surface area contributed by atoms with Gasteiger partial charge in [0.2, 0.25) is 11.8 Å². The Hall–Kier alpha value is -2.45. The number of rotatable bonds is 10. The van der Waals surface area contributed by atoms with Crippen LogP contribution in [0.25, 0.3) is 0 Å². The van der Waals surface area contributed by atoms with E-state index in [9.17, 15) is 24.6 Å². The van der Waals surface area contributed by atoms with Crippen molar-refractivity contribution >= 4 is 17.8 Å². The predicted octanol–water partition coefficient (Wildman–Crippen LogP) is 3.23. The number of hydrogen-bond donors (Lipinski definition) is 3. The first kappa shape index (κ1) is 30.8. The molecule has 7 atom stereocenters. The number of benzene rings is 1. The Morgan fingerprint density at radius 3 is 2.41 bits per heavy atom. The van der Waals surface area contributed by atoms with Crippen molar-refractivity contribution in [1.82, 2.24) is 10.2 Å². The molecule has 0 radical (unpaired) electrons. The minimum atomic E-state index is -1.03. The van der Waals surface area contributed by atoms with Crippen molar-refractivity contribution in [3.8, 4) is 0 Å². The lowest BCUT2D eigenvalue weighted by Crippen LogP contribution is -2.57. The summed E-state index contributed by atoms with van der Waals surface area (Å²) in [7, 11) is 1.60. The van der Waals surface area contributed by atoms with E-state index in [4.69, 9.17) is 4.74 Å². The molecule has 8 heteroatoms. The van der Waals surface area contributed by atoms with Gasteiger partial charge >= 0.3 is 5.97 Å². The zero-order chi connectivity index (χ0) is 27.5. The number of unbranched alkanes of at least 4 members (excludes halogenated alkanes) is 2. The van der Waals surface area contributed by atoms with E-state index >= 15 is 0 Å². The summed E-state index contributed by atoms with van der Waals surface area (Å²) in [6.45, 7) is 7.26. The van der Waals surface area contributed by atoms with Gasteiger partial charge in [-0.3, -0.25) is 9.59 Å². The maximum atomic E-state index is 13.7. The molecule has 3 N–H and O–H groups in total. The van der Waals surface area contributed by atoms with Crippen molar-refractivity contribution in [2.24, 2.45) is 11.8 Å². The standard InChI is InChI=1S/C29H46N2O6/c1-6-19(2)26-29(36)37-23(16-12-7-9-13-20(3)32)18-25(33)21(4)27(34)30-24(28(35)31(26)5)17-22-14-10-8-11-15-22/h8,10-11,14-15,19-21,23-26,32-33H,6-7,9,12-13,16-18H2,1-5H3,(H,30,34)/t19-,20+,21+,23-,24+,25+,26-/m0/s1. The van der Waals surface area contributed by atoms with Crippen molar-refractivity contribution in [3.63, 3.8) is 0 Å². The number of nitrogens with zero attached hydrogens (tertiary/aromatic N) is 1. The number of aliphatic hydroxyl groups excluding tert-OH is 2. The molecule has 0 aliphatic carbocycles. The van der Waals surface area contributed by atoms with Gasteiger partial charge in [0.15, 0.2) is 0 Å². The van der Waals surface area contributed by atoms with Crippen LogP contribution in [0.15, 0.2) is 30.3 Å². The number of carbonyl (C=O) groups excluding carboxylic acids is 3. The summed E-state index contributed by atoms with van der Waals surface area (Å²) < 4.78 is 5.94. The van der Waals surface area contributed by atoms with E-state index in [2.05, 4.69) is 5.32 Å². The predicted molar refractivity (Wildman–Crippen MR) is 143 cm³/mol. The van der Waals surface area contributed by atoms with Gasteiger partial charge in [-0.2, -0.15) is 0 Å². The molecule has 37 heavy (non-hydrogen) atoms. The smallest absolute Gasteiger partial charge is 0.329 e. The molecule has 8 nitrogen and oxygen atoms in total. The first-order chi connectivity index (χ1) is 17.5. The van der Waals surface area contributed by atoms with Crippen molar-refractivity contribution in [1.29, 1.82) is 0 Å². The Bertz CT molecular complexity index is 861. The second kappa shape index (κ2) is 15.1. The van der Waals surface area contributed by atoms with Crippen LogP contribution in [0.1, 0.15) is 78.2 Å². The van der Waals surface area contributed by atoms with Gasteiger partial charge in [0.25, 0.3) is 0 Å². The van der Waals surface area contributed by atoms with Gasteiger partial charge in [-0.15, -0.1) is 0 Å². The number of aliphatic hydroxyl groups is 2. The van der Waals surface area contributed by atoms with Gasteiger partial charge in [-0.05, 0) is 37.7 Å². The van der Waals surface area contributed by atoms with Crippen LogP contribution in [-0.2, 0) is 25.5 Å². The van der Waals surface area contributed by atoms with Crippen molar-refractivity contribution in [3.05, 3.63) is 35.9 Å². The molecule has 1 aromatic carbocycles. The fourth-order valence-electron chi connectivity index (χ4n) is 4.83. The Balaban J connectivity index is 2.31. The number of nitrogens with one attached hydrogen (secondary N) is 1. The summed E-state index contributed by atoms with van der Waals surface area (Å²) in [5.41, 5.74) is 0.883. The van der Waals surface area contributed by atoms with Gasteiger partial charge in [0.05, 0.1) is 18.1 Å². The van der Waals surface area contributed by atoms with Gasteiger partial charge in [0.1, 0.15) is 18.2 Å². The van der Waals surface area contributed by atoms with Crippen LogP contribution in [0.2, 0.25) is 0 Å². The van der Waals surface area contributed by atoms with Crippen molar-refractivity contribution < 1.29 is 29.3 Å². The summed E-state index contributed by atoms with van der Waals surface area (Å²) in [4.78, 5) is 41.7. The Morgan fingerprint density at radius 1 is 1.11 bits per heavy atom. The van der Waals surface area contributed by atoms with Gasteiger partial charge in [-0.1, -0.05) is 70.4 Å². The number of hydrogen-bond acceptors (Lipinski definition) is 6. The third-order valence-electron chi connectivity index (χ3n) is 7.51. The van der Waals surface area contributed by atoms with Gasteiger partial charge in [0, 0.05) is 19.9 Å². The van der Waals surface area contributed by atoms with Crippen LogP contribution in [0.3, 0.4) is 0 Å². The molecule has 0 saturated carbocycles. The number of ether oxygens (including phenoxy) is 1. The SMILES string of the molecule is CC[C@H](C)[C@H]1C(=O)O[C@@H](CCCCC[C@@H](C)O)C[C@@H](O)[C@@H](C)C(=O)N[C@H](Cc2ccccc2)C(=O)N1C. The lowest BCUT2D eigenvalue weighted by Gasteiger charge is -2.36. The third-order valence-corrected chi connectivity index (χ3v) is 7.51. The topological polar surface area (TPSA) is 116 Å². The van der Waals surface area contributed by atoms with Gasteiger partial charge in [-0.25, -0.2) is 4.79 Å². The molecule has 0 spiro atoms. The largest absolute Gasteiger partial charge is 0.461 e. The van der Waals surface area contributed by atoms with Crippen LogP contribution in [0.4, 0.5) is 0 Å². The number of cyclic esters (lactones) is 1. The first-order valence-electron chi connectivity index (χ1n) is 13.7. The second-order valence-corrected chi connectivity index (χ2v) is 10.7. The third kappa shape index (κ3) is 9.42. The van der Waals surface area contributed by atoms with E-state index in [1.807, 2.05) is 44.2 Å². The minimum Gasteiger partial charge on any atom is -0.461 e. The molecule has 1 aliphatic heterocycles. The molecule has 2 amide bonds. The highest BCUT2D eigenvalue weighted by molar-refractivity contribution is 5.91. The maximum absolute atomic E-state index is 13.7. The van der Waals surface area contributed by atoms with Crippen LogP contribution < -0.4 is 5.32 Å². The Morgan fingerprint density at radius 2 is 1.78 bits per heavy atom. The first-order valence-corrected chi connectivity index (χ1v) is 13.7. The highest BCUT2D eigenvalue weighted by Gasteiger charge is 2.39. The van der Waals surface area contributed by atoms with Crippen LogP contribution >= 0.6 is 0 Å². The minimum absolute atomic E-state index is 0.144. The van der Waals surface area contributed by atoms with Crippen LogP contribution in [-0.4, -0.2) is 70.3 Å². The monoisotopic (exact) mass is 518 g/mol. The van der Waals surface area contributed by atoms with Crippen LogP contribution in [0, 0.1) is 11.8 Å². The quantitative estimate of drug-likeness (QED) is 0.324. The molecule has 208 valence electrons. The summed E-state index contributed by atoms with van der Waals surface area (Å²) >= 11 is 0. The zero-order valence-electron chi connectivity index (χ0n) is 23.1. The molecule has 1 aliphatic rings. The molecular weight excluding hydrogens is 472 g/mol. The lowest BCUT2D eigenvalue weighted by molar-refractivity contribution is -0.164. The van der Waals surface area contributed by atoms with E-state index in [1.54, 1.807) is 20.9 Å². The molecule has 1 saturated heterocycles. The number of esters is 1. The van der Waals surface area contributed by atoms with E-state index in [1.165, 1.54) is 4.90 Å². The molecule has 2 rings (SSSR count). The molecule has 1 heterocycles. The molecular formula is C29H46N2O6. The normalized spacial score (nSPS) is 27.5. The fourth-order valence-corrected chi connectivity index (χ4v) is 4.83. The molecule has 0 bridgehead atoms. The zero-order valence-corrected chi connectivity index (χ0v) is 23.1. The molecule has 1 fully saturated rings.